The third-order valence-corrected chi connectivity index (χ3v) is 4.30. The average Bonchev–Trinajstić information content (AvgIpc) is 3.12. The molecule has 0 aromatic heterocycles. The Morgan fingerprint density at radius 1 is 1.19 bits per heavy atom. The zero-order valence-corrected chi connectivity index (χ0v) is 15.2. The molecule has 10 heteroatoms. The van der Waals surface area contributed by atoms with Crippen LogP contribution >= 0.6 is 11.6 Å². The van der Waals surface area contributed by atoms with Crippen LogP contribution < -0.4 is 22.0 Å². The molecule has 1 unspecified atom stereocenters. The fourth-order valence-electron chi connectivity index (χ4n) is 2.75. The molecular formula is C17H20ClN5O4. The van der Waals surface area contributed by atoms with E-state index >= 15 is 0 Å². The molecule has 27 heavy (non-hydrogen) atoms. The van der Waals surface area contributed by atoms with Gasteiger partial charge in [-0.05, 0) is 37.5 Å². The number of carbonyl (C=O) groups is 4. The molecule has 0 heterocycles. The molecule has 0 aliphatic heterocycles. The van der Waals surface area contributed by atoms with Crippen molar-refractivity contribution >= 4 is 46.5 Å². The zero-order chi connectivity index (χ0) is 19.8. The molecule has 0 saturated heterocycles. The van der Waals surface area contributed by atoms with Gasteiger partial charge in [0.15, 0.2) is 0 Å². The largest absolute Gasteiger partial charge is 0.330 e. The molecule has 9 nitrogen and oxygen atoms in total. The van der Waals surface area contributed by atoms with Crippen LogP contribution in [0.5, 0.6) is 0 Å². The smallest absolute Gasteiger partial charge is 0.326 e. The number of nitrogens with two attached hydrogens (primary N) is 1. The van der Waals surface area contributed by atoms with Gasteiger partial charge in [0.2, 0.25) is 5.91 Å². The van der Waals surface area contributed by atoms with E-state index in [0.717, 1.165) is 6.42 Å². The highest BCUT2D eigenvalue weighted by atomic mass is 35.5. The Morgan fingerprint density at radius 2 is 1.96 bits per heavy atom. The predicted molar refractivity (Wildman–Crippen MR) is 99.6 cm³/mol. The van der Waals surface area contributed by atoms with Gasteiger partial charge in [0, 0.05) is 29.3 Å². The lowest BCUT2D eigenvalue weighted by atomic mass is 9.97. The number of nitrogens with zero attached hydrogens (tertiary/aromatic N) is 1. The summed E-state index contributed by atoms with van der Waals surface area (Å²) in [5.41, 5.74) is 4.82. The van der Waals surface area contributed by atoms with Crippen molar-refractivity contribution in [2.45, 2.75) is 32.1 Å². The summed E-state index contributed by atoms with van der Waals surface area (Å²) in [5.74, 6) is 1.92. The maximum Gasteiger partial charge on any atom is 0.330 e. The van der Waals surface area contributed by atoms with Crippen LogP contribution in [0.3, 0.4) is 0 Å². The third kappa shape index (κ3) is 6.15. The number of rotatable bonds is 6. The molecular weight excluding hydrogens is 374 g/mol. The molecule has 144 valence electrons. The van der Waals surface area contributed by atoms with E-state index in [9.17, 15) is 19.2 Å². The van der Waals surface area contributed by atoms with E-state index in [1.165, 1.54) is 0 Å². The Hall–Kier alpha value is -2.78. The number of ketones is 1. The number of benzene rings is 1. The predicted octanol–water partition coefficient (Wildman–Crippen LogP) is 0.890. The van der Waals surface area contributed by atoms with Crippen molar-refractivity contribution in [1.82, 2.24) is 10.9 Å². The Labute approximate surface area is 160 Å². The van der Waals surface area contributed by atoms with Crippen LogP contribution in [0.2, 0.25) is 5.02 Å². The summed E-state index contributed by atoms with van der Waals surface area (Å²) in [4.78, 5) is 46.8. The molecule has 1 fully saturated rings. The Kier molecular flexibility index (Phi) is 7.44. The van der Waals surface area contributed by atoms with Crippen LogP contribution in [-0.4, -0.2) is 29.2 Å². The van der Waals surface area contributed by atoms with E-state index in [1.54, 1.807) is 29.7 Å². The normalized spacial score (nSPS) is 17.4. The number of amides is 3. The first kappa shape index (κ1) is 20.5. The third-order valence-electron chi connectivity index (χ3n) is 4.06. The monoisotopic (exact) mass is 393 g/mol. The lowest BCUT2D eigenvalue weighted by Crippen LogP contribution is -2.41. The molecule has 1 saturated carbocycles. The summed E-state index contributed by atoms with van der Waals surface area (Å²) in [6.45, 7) is 0. The summed E-state index contributed by atoms with van der Waals surface area (Å²) < 4.78 is 0. The van der Waals surface area contributed by atoms with Crippen molar-refractivity contribution < 1.29 is 19.2 Å². The van der Waals surface area contributed by atoms with Crippen molar-refractivity contribution in [2.24, 2.45) is 16.9 Å². The first-order chi connectivity index (χ1) is 12.9. The van der Waals surface area contributed by atoms with Crippen LogP contribution in [0.1, 0.15) is 32.1 Å². The van der Waals surface area contributed by atoms with E-state index in [2.05, 4.69) is 15.8 Å². The number of nitrogens with one attached hydrogen (secondary N) is 3. The first-order valence-corrected chi connectivity index (χ1v) is 8.74. The molecule has 1 aliphatic carbocycles. The SMILES string of the molecule is NNC(=O)C(=O)N/N=C1/CCCC1C(=O)CCC(=O)Nc1cccc(Cl)c1. The zero-order valence-electron chi connectivity index (χ0n) is 14.5. The van der Waals surface area contributed by atoms with E-state index in [4.69, 9.17) is 17.4 Å². The van der Waals surface area contributed by atoms with E-state index in [0.29, 0.717) is 29.3 Å². The molecule has 1 atom stereocenters. The van der Waals surface area contributed by atoms with Crippen LogP contribution in [-0.2, 0) is 19.2 Å². The molecule has 1 aliphatic rings. The lowest BCUT2D eigenvalue weighted by Gasteiger charge is -2.10. The van der Waals surface area contributed by atoms with Crippen molar-refractivity contribution in [2.75, 3.05) is 5.32 Å². The quantitative estimate of drug-likeness (QED) is 0.245. The summed E-state index contributed by atoms with van der Waals surface area (Å²) in [7, 11) is 0. The number of hydrazone groups is 1. The Balaban J connectivity index is 1.86. The molecule has 0 bridgehead atoms. The highest BCUT2D eigenvalue weighted by Crippen LogP contribution is 2.25. The maximum atomic E-state index is 12.4. The van der Waals surface area contributed by atoms with Gasteiger partial charge in [-0.3, -0.25) is 24.6 Å². The number of hydrogen-bond acceptors (Lipinski definition) is 6. The topological polar surface area (TPSA) is 143 Å². The summed E-state index contributed by atoms with van der Waals surface area (Å²) in [6.07, 6.45) is 1.94. The molecule has 1 aromatic rings. The summed E-state index contributed by atoms with van der Waals surface area (Å²) >= 11 is 5.86. The second-order valence-corrected chi connectivity index (χ2v) is 6.42. The van der Waals surface area contributed by atoms with Crippen molar-refractivity contribution in [1.29, 1.82) is 0 Å². The highest BCUT2D eigenvalue weighted by Gasteiger charge is 2.29. The first-order valence-electron chi connectivity index (χ1n) is 8.36. The van der Waals surface area contributed by atoms with Crippen LogP contribution in [0.25, 0.3) is 0 Å². The van der Waals surface area contributed by atoms with Crippen LogP contribution in [0.4, 0.5) is 5.69 Å². The minimum Gasteiger partial charge on any atom is -0.326 e. The summed E-state index contributed by atoms with van der Waals surface area (Å²) in [5, 5.41) is 7.04. The second kappa shape index (κ2) is 9.79. The fraction of sp³-hybridized carbons (Fsp3) is 0.353. The van der Waals surface area contributed by atoms with Gasteiger partial charge in [0.1, 0.15) is 5.78 Å². The standard InChI is InChI=1S/C17H20ClN5O4/c18-10-3-1-4-11(9-10)20-15(25)8-7-14(24)12-5-2-6-13(12)22-23-17(27)16(26)21-19/h1,3-4,9,12H,2,5-8,19H2,(H,20,25)(H,21,26)(H,23,27)/b22-13-. The molecule has 1 aromatic carbocycles. The van der Waals surface area contributed by atoms with Gasteiger partial charge < -0.3 is 5.32 Å². The van der Waals surface area contributed by atoms with Crippen molar-refractivity contribution in [3.05, 3.63) is 29.3 Å². The van der Waals surface area contributed by atoms with Crippen molar-refractivity contribution in [3.8, 4) is 0 Å². The fourth-order valence-corrected chi connectivity index (χ4v) is 2.94. The van der Waals surface area contributed by atoms with E-state index in [1.807, 2.05) is 0 Å². The number of halogens is 1. The highest BCUT2D eigenvalue weighted by molar-refractivity contribution is 6.35. The molecule has 5 N–H and O–H groups in total. The molecule has 0 spiro atoms. The van der Waals surface area contributed by atoms with Gasteiger partial charge in [-0.2, -0.15) is 5.10 Å². The van der Waals surface area contributed by atoms with Gasteiger partial charge in [-0.25, -0.2) is 11.3 Å². The van der Waals surface area contributed by atoms with Gasteiger partial charge >= 0.3 is 11.8 Å². The number of hydrogen-bond donors (Lipinski definition) is 4. The Bertz CT molecular complexity index is 780. The van der Waals surface area contributed by atoms with Crippen LogP contribution in [0, 0.1) is 5.92 Å². The molecule has 3 amide bonds. The van der Waals surface area contributed by atoms with Crippen molar-refractivity contribution in [3.63, 3.8) is 0 Å². The van der Waals surface area contributed by atoms with Gasteiger partial charge in [0.05, 0.1) is 5.92 Å². The van der Waals surface area contributed by atoms with Gasteiger partial charge in [-0.1, -0.05) is 17.7 Å². The molecule has 0 radical (unpaired) electrons. The Morgan fingerprint density at radius 3 is 2.67 bits per heavy atom. The average molecular weight is 394 g/mol. The van der Waals surface area contributed by atoms with Crippen LogP contribution in [0.15, 0.2) is 29.4 Å². The minimum atomic E-state index is -1.03. The minimum absolute atomic E-state index is 0.0249. The second-order valence-electron chi connectivity index (χ2n) is 5.99. The van der Waals surface area contributed by atoms with Gasteiger partial charge in [-0.15, -0.1) is 0 Å². The molecule has 2 rings (SSSR count). The lowest BCUT2D eigenvalue weighted by molar-refractivity contribution is -0.139. The maximum absolute atomic E-state index is 12.4. The van der Waals surface area contributed by atoms with Gasteiger partial charge in [0.25, 0.3) is 0 Å². The van der Waals surface area contributed by atoms with E-state index in [-0.39, 0.29) is 24.5 Å². The number of anilines is 1. The number of carbonyl (C=O) groups excluding carboxylic acids is 4. The number of Topliss-reactive ketones (excluding diaryl/α,β-unsaturated/α-hetero) is 1. The number of hydrazine groups is 1. The van der Waals surface area contributed by atoms with E-state index < -0.39 is 17.7 Å². The summed E-state index contributed by atoms with van der Waals surface area (Å²) in [6, 6.07) is 6.72.